The second-order valence-electron chi connectivity index (χ2n) is 6.09. The van der Waals surface area contributed by atoms with Gasteiger partial charge in [0.25, 0.3) is 0 Å². The van der Waals surface area contributed by atoms with Crippen LogP contribution in [-0.4, -0.2) is 79.6 Å². The molecule has 0 spiro atoms. The number of aliphatic imine (C=N–C) groups is 1. The second kappa shape index (κ2) is 11.8. The molecule has 1 rings (SSSR count). The van der Waals surface area contributed by atoms with E-state index in [1.165, 1.54) is 0 Å². The quantitative estimate of drug-likeness (QED) is 0.478. The number of ether oxygens (including phenoxy) is 1. The van der Waals surface area contributed by atoms with Crippen molar-refractivity contribution in [2.24, 2.45) is 4.99 Å². The molecule has 0 aliphatic heterocycles. The zero-order valence-corrected chi connectivity index (χ0v) is 16.0. The van der Waals surface area contributed by atoms with Crippen LogP contribution in [0.2, 0.25) is 0 Å². The summed E-state index contributed by atoms with van der Waals surface area (Å²) in [5.74, 6) is 1.61. The topological polar surface area (TPSA) is 66.0 Å². The summed E-state index contributed by atoms with van der Waals surface area (Å²) >= 11 is 0. The van der Waals surface area contributed by atoms with Gasteiger partial charge in [-0.3, -0.25) is 9.20 Å². The summed E-state index contributed by atoms with van der Waals surface area (Å²) < 4.78 is 17.1. The Bertz CT molecular complexity index is 379. The maximum absolute atomic E-state index is 12.0. The van der Waals surface area contributed by atoms with Gasteiger partial charge in [0, 0.05) is 61.6 Å². The minimum absolute atomic E-state index is 0.338. The van der Waals surface area contributed by atoms with Crippen LogP contribution in [0, 0.1) is 0 Å². The lowest BCUT2D eigenvalue weighted by Gasteiger charge is -2.30. The van der Waals surface area contributed by atoms with Crippen LogP contribution in [0.5, 0.6) is 0 Å². The van der Waals surface area contributed by atoms with E-state index in [0.717, 1.165) is 63.6 Å². The molecule has 136 valence electrons. The van der Waals surface area contributed by atoms with Crippen LogP contribution in [0.4, 0.5) is 0 Å². The largest absolute Gasteiger partial charge is 0.383 e. The third-order valence-electron chi connectivity index (χ3n) is 4.31. The van der Waals surface area contributed by atoms with Gasteiger partial charge in [0.2, 0.25) is 0 Å². The van der Waals surface area contributed by atoms with E-state index in [1.54, 1.807) is 14.2 Å². The van der Waals surface area contributed by atoms with Crippen molar-refractivity contribution in [2.45, 2.75) is 43.9 Å². The summed E-state index contributed by atoms with van der Waals surface area (Å²) in [6.45, 7) is 5.47. The molecule has 0 aromatic heterocycles. The van der Waals surface area contributed by atoms with Crippen molar-refractivity contribution in [2.75, 3.05) is 53.2 Å². The van der Waals surface area contributed by atoms with E-state index in [0.29, 0.717) is 11.3 Å². The van der Waals surface area contributed by atoms with Gasteiger partial charge in [-0.25, -0.2) is 0 Å². The number of nitrogens with zero attached hydrogens (tertiary/aromatic N) is 2. The number of guanidine groups is 1. The van der Waals surface area contributed by atoms with Crippen molar-refractivity contribution in [3.8, 4) is 0 Å². The Morgan fingerprint density at radius 1 is 1.39 bits per heavy atom. The summed E-state index contributed by atoms with van der Waals surface area (Å²) in [5.41, 5.74) is 0. The van der Waals surface area contributed by atoms with Gasteiger partial charge >= 0.3 is 0 Å². The molecule has 0 heterocycles. The van der Waals surface area contributed by atoms with E-state index in [1.807, 2.05) is 6.92 Å². The first-order chi connectivity index (χ1) is 11.1. The Hall–Kier alpha value is -0.660. The van der Waals surface area contributed by atoms with Gasteiger partial charge in [-0.05, 0) is 26.3 Å². The average Bonchev–Trinajstić information content (AvgIpc) is 2.58. The van der Waals surface area contributed by atoms with Crippen molar-refractivity contribution in [1.82, 2.24) is 15.5 Å². The predicted octanol–water partition coefficient (Wildman–Crippen LogP) is 0.809. The average molecular weight is 347 g/mol. The minimum atomic E-state index is -0.685. The lowest BCUT2D eigenvalue weighted by Crippen LogP contribution is -2.48. The third-order valence-corrected chi connectivity index (χ3v) is 6.05. The fourth-order valence-electron chi connectivity index (χ4n) is 2.86. The molecule has 7 heteroatoms. The summed E-state index contributed by atoms with van der Waals surface area (Å²) in [5, 5.41) is 7.19. The summed E-state index contributed by atoms with van der Waals surface area (Å²) in [6.07, 6.45) is 4.35. The van der Waals surface area contributed by atoms with Crippen molar-refractivity contribution in [3.63, 3.8) is 0 Å². The number of hydrogen-bond donors (Lipinski definition) is 2. The number of nitrogens with one attached hydrogen (secondary N) is 2. The lowest BCUT2D eigenvalue weighted by molar-refractivity contribution is 0.162. The summed E-state index contributed by atoms with van der Waals surface area (Å²) in [7, 11) is 4.92. The maximum Gasteiger partial charge on any atom is 0.191 e. The second-order valence-corrected chi connectivity index (χ2v) is 8.10. The smallest absolute Gasteiger partial charge is 0.191 e. The van der Waals surface area contributed by atoms with Crippen molar-refractivity contribution in [1.29, 1.82) is 0 Å². The first-order valence-corrected chi connectivity index (χ1v) is 10.0. The molecule has 0 bridgehead atoms. The molecule has 23 heavy (non-hydrogen) atoms. The number of likely N-dealkylation sites (N-methyl/N-ethyl adjacent to an activating group) is 1. The van der Waals surface area contributed by atoms with E-state index in [2.05, 4.69) is 27.6 Å². The van der Waals surface area contributed by atoms with E-state index in [-0.39, 0.29) is 0 Å². The zero-order valence-electron chi connectivity index (χ0n) is 15.1. The molecule has 2 N–H and O–H groups in total. The Kier molecular flexibility index (Phi) is 10.5. The van der Waals surface area contributed by atoms with Crippen LogP contribution in [-0.2, 0) is 15.5 Å². The zero-order chi connectivity index (χ0) is 17.1. The standard InChI is InChI=1S/C16H34N4O2S/c1-5-23(21)15-8-6-7-14(13-15)19-16(17-2)18-9-10-20(3)11-12-22-4/h14-15H,5-13H2,1-4H3,(H2,17,18,19). The van der Waals surface area contributed by atoms with E-state index < -0.39 is 10.8 Å². The third kappa shape index (κ3) is 8.13. The summed E-state index contributed by atoms with van der Waals surface area (Å²) in [4.78, 5) is 6.53. The molecule has 1 aliphatic carbocycles. The van der Waals surface area contributed by atoms with Gasteiger partial charge in [-0.1, -0.05) is 13.3 Å². The highest BCUT2D eigenvalue weighted by Gasteiger charge is 2.25. The van der Waals surface area contributed by atoms with E-state index in [4.69, 9.17) is 4.74 Å². The number of rotatable bonds is 9. The van der Waals surface area contributed by atoms with Crippen LogP contribution in [0.15, 0.2) is 4.99 Å². The molecule has 0 saturated heterocycles. The van der Waals surface area contributed by atoms with Crippen LogP contribution in [0.1, 0.15) is 32.6 Å². The highest BCUT2D eigenvalue weighted by Crippen LogP contribution is 2.22. The highest BCUT2D eigenvalue weighted by atomic mass is 32.2. The minimum Gasteiger partial charge on any atom is -0.383 e. The van der Waals surface area contributed by atoms with Crippen molar-refractivity contribution < 1.29 is 8.95 Å². The van der Waals surface area contributed by atoms with Gasteiger partial charge in [0.05, 0.1) is 6.61 Å². The SMILES string of the molecule is CCS(=O)C1CCCC(NC(=NC)NCCN(C)CCOC)C1. The van der Waals surface area contributed by atoms with Crippen LogP contribution >= 0.6 is 0 Å². The van der Waals surface area contributed by atoms with Crippen LogP contribution in [0.25, 0.3) is 0 Å². The fourth-order valence-corrected chi connectivity index (χ4v) is 4.21. The Morgan fingerprint density at radius 3 is 2.83 bits per heavy atom. The van der Waals surface area contributed by atoms with Gasteiger partial charge < -0.3 is 20.3 Å². The Labute approximate surface area is 143 Å². The van der Waals surface area contributed by atoms with Crippen molar-refractivity contribution >= 4 is 16.8 Å². The molecular formula is C16H34N4O2S. The molecular weight excluding hydrogens is 312 g/mol. The Morgan fingerprint density at radius 2 is 2.17 bits per heavy atom. The molecule has 1 fully saturated rings. The molecule has 6 nitrogen and oxygen atoms in total. The predicted molar refractivity (Wildman–Crippen MR) is 98.6 cm³/mol. The van der Waals surface area contributed by atoms with E-state index >= 15 is 0 Å². The summed E-state index contributed by atoms with van der Waals surface area (Å²) in [6, 6.07) is 0.377. The van der Waals surface area contributed by atoms with Gasteiger partial charge in [0.15, 0.2) is 5.96 Å². The molecule has 0 radical (unpaired) electrons. The molecule has 1 aliphatic rings. The molecule has 0 aromatic carbocycles. The van der Waals surface area contributed by atoms with E-state index in [9.17, 15) is 4.21 Å². The van der Waals surface area contributed by atoms with Gasteiger partial charge in [-0.2, -0.15) is 0 Å². The molecule has 3 atom stereocenters. The normalized spacial score (nSPS) is 23.8. The first kappa shape index (κ1) is 20.4. The highest BCUT2D eigenvalue weighted by molar-refractivity contribution is 7.85. The fraction of sp³-hybridized carbons (Fsp3) is 0.938. The van der Waals surface area contributed by atoms with Crippen LogP contribution in [0.3, 0.4) is 0 Å². The molecule has 0 amide bonds. The van der Waals surface area contributed by atoms with Crippen LogP contribution < -0.4 is 10.6 Å². The number of methoxy groups -OCH3 is 1. The first-order valence-electron chi connectivity index (χ1n) is 8.62. The maximum atomic E-state index is 12.0. The number of hydrogen-bond acceptors (Lipinski definition) is 4. The van der Waals surface area contributed by atoms with Gasteiger partial charge in [-0.15, -0.1) is 0 Å². The Balaban J connectivity index is 2.31. The lowest BCUT2D eigenvalue weighted by atomic mass is 9.95. The molecule has 0 aromatic rings. The van der Waals surface area contributed by atoms with Crippen molar-refractivity contribution in [3.05, 3.63) is 0 Å². The van der Waals surface area contributed by atoms with Gasteiger partial charge in [0.1, 0.15) is 0 Å². The monoisotopic (exact) mass is 346 g/mol. The molecule has 1 saturated carbocycles. The molecule has 3 unspecified atom stereocenters.